The monoisotopic (exact) mass is 555 g/mol. The summed E-state index contributed by atoms with van der Waals surface area (Å²) in [5, 5.41) is 2.49. The van der Waals surface area contributed by atoms with Crippen LogP contribution >= 0.6 is 22.9 Å². The maximum Gasteiger partial charge on any atom is 0.263 e. The van der Waals surface area contributed by atoms with Gasteiger partial charge in [0.1, 0.15) is 0 Å². The van der Waals surface area contributed by atoms with E-state index < -0.39 is 10.0 Å². The summed E-state index contributed by atoms with van der Waals surface area (Å²) in [6.07, 6.45) is 1.71. The Morgan fingerprint density at radius 2 is 1.86 bits per heavy atom. The van der Waals surface area contributed by atoms with Gasteiger partial charge in [-0.2, -0.15) is 4.31 Å². The Morgan fingerprint density at radius 1 is 1.17 bits per heavy atom. The first-order valence-electron chi connectivity index (χ1n) is 12.1. The molecule has 1 aromatic carbocycles. The minimum Gasteiger partial charge on any atom is -0.383 e. The number of piperidine rings is 1. The van der Waals surface area contributed by atoms with Crippen LogP contribution in [0, 0.1) is 0 Å². The molecular weight excluding hydrogens is 522 g/mol. The Kier molecular flexibility index (Phi) is 10.7. The van der Waals surface area contributed by atoms with Crippen molar-refractivity contribution in [3.63, 3.8) is 0 Å². The van der Waals surface area contributed by atoms with Crippen LogP contribution in [0.25, 0.3) is 0 Å². The van der Waals surface area contributed by atoms with Crippen molar-refractivity contribution in [3.05, 3.63) is 57.2 Å². The van der Waals surface area contributed by atoms with Crippen molar-refractivity contribution in [1.82, 2.24) is 14.1 Å². The Bertz CT molecular complexity index is 1090. The molecule has 1 aromatic heterocycles. The van der Waals surface area contributed by atoms with Crippen molar-refractivity contribution in [2.45, 2.75) is 38.8 Å². The minimum atomic E-state index is -3.59. The van der Waals surface area contributed by atoms with Gasteiger partial charge in [0.15, 0.2) is 0 Å². The zero-order valence-electron chi connectivity index (χ0n) is 20.8. The van der Waals surface area contributed by atoms with Gasteiger partial charge in [-0.05, 0) is 48.4 Å². The van der Waals surface area contributed by atoms with E-state index in [9.17, 15) is 18.0 Å². The van der Waals surface area contributed by atoms with E-state index in [0.717, 1.165) is 5.56 Å². The summed E-state index contributed by atoms with van der Waals surface area (Å²) >= 11 is 7.46. The lowest BCUT2D eigenvalue weighted by molar-refractivity contribution is -0.135. The average Bonchev–Trinajstić information content (AvgIpc) is 3.41. The summed E-state index contributed by atoms with van der Waals surface area (Å²) in [4.78, 5) is 30.7. The van der Waals surface area contributed by atoms with Crippen LogP contribution in [-0.4, -0.2) is 86.0 Å². The second kappa shape index (κ2) is 13.5. The number of halogens is 1. The number of rotatable bonds is 12. The third-order valence-corrected chi connectivity index (χ3v) is 9.36. The SMILES string of the molecule is CCCS(=O)(=O)N(CCOC)CC(=O)N(Cc1ccc(Cl)cc1)C1CCN(C(=O)c2cccs2)CC1. The van der Waals surface area contributed by atoms with E-state index in [2.05, 4.69) is 0 Å². The molecule has 198 valence electrons. The van der Waals surface area contributed by atoms with Gasteiger partial charge >= 0.3 is 0 Å². The molecule has 0 bridgehead atoms. The van der Waals surface area contributed by atoms with Crippen LogP contribution in [0.3, 0.4) is 0 Å². The molecule has 0 N–H and O–H groups in total. The van der Waals surface area contributed by atoms with Crippen LogP contribution < -0.4 is 0 Å². The lowest BCUT2D eigenvalue weighted by Gasteiger charge is -2.39. The summed E-state index contributed by atoms with van der Waals surface area (Å²) < 4.78 is 32.0. The Morgan fingerprint density at radius 3 is 2.44 bits per heavy atom. The molecular formula is C25H34ClN3O5S2. The van der Waals surface area contributed by atoms with Crippen LogP contribution in [-0.2, 0) is 26.1 Å². The number of amides is 2. The molecule has 36 heavy (non-hydrogen) atoms. The van der Waals surface area contributed by atoms with Gasteiger partial charge in [-0.3, -0.25) is 9.59 Å². The van der Waals surface area contributed by atoms with Gasteiger partial charge in [-0.15, -0.1) is 11.3 Å². The molecule has 2 heterocycles. The molecule has 0 unspecified atom stereocenters. The topological polar surface area (TPSA) is 87.2 Å². The van der Waals surface area contributed by atoms with Crippen LogP contribution in [0.5, 0.6) is 0 Å². The molecule has 1 aliphatic rings. The largest absolute Gasteiger partial charge is 0.383 e. The van der Waals surface area contributed by atoms with E-state index in [1.165, 1.54) is 22.8 Å². The predicted octanol–water partition coefficient (Wildman–Crippen LogP) is 3.72. The number of sulfonamides is 1. The molecule has 2 amide bonds. The number of ether oxygens (including phenoxy) is 1. The highest BCUT2D eigenvalue weighted by Gasteiger charge is 2.33. The second-order valence-electron chi connectivity index (χ2n) is 8.79. The summed E-state index contributed by atoms with van der Waals surface area (Å²) in [7, 11) is -2.09. The van der Waals surface area contributed by atoms with Gasteiger partial charge < -0.3 is 14.5 Å². The molecule has 0 saturated carbocycles. The molecule has 1 saturated heterocycles. The first-order chi connectivity index (χ1) is 17.2. The number of likely N-dealkylation sites (tertiary alicyclic amines) is 1. The van der Waals surface area contributed by atoms with Crippen LogP contribution in [0.2, 0.25) is 5.02 Å². The number of carbonyl (C=O) groups excluding carboxylic acids is 2. The van der Waals surface area contributed by atoms with E-state index >= 15 is 0 Å². The predicted molar refractivity (Wildman–Crippen MR) is 143 cm³/mol. The van der Waals surface area contributed by atoms with Crippen molar-refractivity contribution in [2.24, 2.45) is 0 Å². The molecule has 1 aliphatic heterocycles. The molecule has 8 nitrogen and oxygen atoms in total. The summed E-state index contributed by atoms with van der Waals surface area (Å²) in [6.45, 7) is 3.29. The molecule has 0 atom stereocenters. The van der Waals surface area contributed by atoms with Gasteiger partial charge in [0, 0.05) is 44.4 Å². The number of thiophene rings is 1. The molecule has 0 spiro atoms. The summed E-state index contributed by atoms with van der Waals surface area (Å²) in [5.41, 5.74) is 0.907. The smallest absolute Gasteiger partial charge is 0.263 e. The Balaban J connectivity index is 1.77. The maximum absolute atomic E-state index is 13.6. The van der Waals surface area contributed by atoms with Crippen LogP contribution in [0.15, 0.2) is 41.8 Å². The lowest BCUT2D eigenvalue weighted by atomic mass is 10.0. The third-order valence-electron chi connectivity index (χ3n) is 6.22. The maximum atomic E-state index is 13.6. The van der Waals surface area contributed by atoms with Crippen molar-refractivity contribution >= 4 is 44.8 Å². The quantitative estimate of drug-likeness (QED) is 0.398. The normalized spacial score (nSPS) is 14.8. The van der Waals surface area contributed by atoms with Gasteiger partial charge in [0.25, 0.3) is 5.91 Å². The molecule has 0 radical (unpaired) electrons. The fourth-order valence-corrected chi connectivity index (χ4v) is 6.53. The number of benzene rings is 1. The highest BCUT2D eigenvalue weighted by atomic mass is 35.5. The fraction of sp³-hybridized carbons (Fsp3) is 0.520. The molecule has 2 aromatic rings. The Labute approximate surface area is 222 Å². The van der Waals surface area contributed by atoms with E-state index in [1.807, 2.05) is 34.5 Å². The fourth-order valence-electron chi connectivity index (χ4n) is 4.28. The van der Waals surface area contributed by atoms with Crippen molar-refractivity contribution in [2.75, 3.05) is 45.6 Å². The van der Waals surface area contributed by atoms with E-state index in [1.54, 1.807) is 24.0 Å². The third kappa shape index (κ3) is 7.76. The minimum absolute atomic E-state index is 0.00966. The summed E-state index contributed by atoms with van der Waals surface area (Å²) in [5.74, 6) is -0.274. The number of carbonyl (C=O) groups is 2. The highest BCUT2D eigenvalue weighted by Crippen LogP contribution is 2.23. The van der Waals surface area contributed by atoms with Gasteiger partial charge in [0.2, 0.25) is 15.9 Å². The molecule has 0 aliphatic carbocycles. The zero-order valence-corrected chi connectivity index (χ0v) is 23.2. The van der Waals surface area contributed by atoms with Crippen LogP contribution in [0.4, 0.5) is 0 Å². The lowest BCUT2D eigenvalue weighted by Crippen LogP contribution is -2.51. The van der Waals surface area contributed by atoms with Gasteiger partial charge in [-0.1, -0.05) is 36.7 Å². The van der Waals surface area contributed by atoms with Crippen molar-refractivity contribution < 1.29 is 22.7 Å². The van der Waals surface area contributed by atoms with Gasteiger partial charge in [-0.25, -0.2) is 8.42 Å². The number of nitrogens with zero attached hydrogens (tertiary/aromatic N) is 3. The van der Waals surface area contributed by atoms with E-state index in [4.69, 9.17) is 16.3 Å². The van der Waals surface area contributed by atoms with Crippen molar-refractivity contribution in [3.8, 4) is 0 Å². The number of methoxy groups -OCH3 is 1. The molecule has 1 fully saturated rings. The number of hydrogen-bond acceptors (Lipinski definition) is 6. The standard InChI is InChI=1S/C25H34ClN3O5S2/c1-3-17-36(32,33)28(14-15-34-2)19-24(30)29(18-20-6-8-21(26)9-7-20)22-10-12-27(13-11-22)25(31)23-5-4-16-35-23/h4-9,16,22H,3,10-15,17-19H2,1-2H3. The van der Waals surface area contributed by atoms with E-state index in [-0.39, 0.29) is 43.3 Å². The first kappa shape index (κ1) is 28.6. The van der Waals surface area contributed by atoms with E-state index in [0.29, 0.717) is 48.8 Å². The average molecular weight is 556 g/mol. The van der Waals surface area contributed by atoms with Crippen molar-refractivity contribution in [1.29, 1.82) is 0 Å². The van der Waals surface area contributed by atoms with Crippen LogP contribution in [0.1, 0.15) is 41.4 Å². The second-order valence-corrected chi connectivity index (χ2v) is 12.3. The molecule has 3 rings (SSSR count). The molecule has 11 heteroatoms. The highest BCUT2D eigenvalue weighted by molar-refractivity contribution is 7.89. The first-order valence-corrected chi connectivity index (χ1v) is 14.9. The Hall–Kier alpha value is -1.98. The van der Waals surface area contributed by atoms with Gasteiger partial charge in [0.05, 0.1) is 23.8 Å². The summed E-state index contributed by atoms with van der Waals surface area (Å²) in [6, 6.07) is 10.9. The zero-order chi connectivity index (χ0) is 26.1. The number of hydrogen-bond donors (Lipinski definition) is 0.